The Balaban J connectivity index is 1.54. The number of hydrogen-bond acceptors (Lipinski definition) is 6. The van der Waals surface area contributed by atoms with Gasteiger partial charge in [0.15, 0.2) is 0 Å². The highest BCUT2D eigenvalue weighted by Gasteiger charge is 2.09. The van der Waals surface area contributed by atoms with Crippen LogP contribution in [0.1, 0.15) is 21.9 Å². The van der Waals surface area contributed by atoms with Crippen molar-refractivity contribution in [1.82, 2.24) is 10.5 Å². The first-order valence-electron chi connectivity index (χ1n) is 8.00. The number of aromatic nitrogens is 1. The third-order valence-corrected chi connectivity index (χ3v) is 5.19. The Kier molecular flexibility index (Phi) is 5.25. The highest BCUT2D eigenvalue weighted by Crippen LogP contribution is 2.29. The second-order valence-electron chi connectivity index (χ2n) is 5.80. The Morgan fingerprint density at radius 3 is 2.60 bits per heavy atom. The molecular formula is C18H19N3O3S. The molecule has 1 aromatic carbocycles. The van der Waals surface area contributed by atoms with Crippen LogP contribution in [0.15, 0.2) is 40.9 Å². The fraction of sp³-hybridized carbons (Fsp3) is 0.278. The summed E-state index contributed by atoms with van der Waals surface area (Å²) in [5.41, 5.74) is 3.24. The average molecular weight is 357 g/mol. The highest BCUT2D eigenvalue weighted by molar-refractivity contribution is 7.15. The van der Waals surface area contributed by atoms with Crippen LogP contribution in [-0.2, 0) is 13.0 Å². The number of nitrogens with one attached hydrogen (secondary N) is 1. The van der Waals surface area contributed by atoms with Crippen molar-refractivity contribution >= 4 is 17.0 Å². The van der Waals surface area contributed by atoms with Gasteiger partial charge in [-0.25, -0.2) is 0 Å². The van der Waals surface area contributed by atoms with Crippen LogP contribution in [0.2, 0.25) is 0 Å². The minimum absolute atomic E-state index is 0.113. The van der Waals surface area contributed by atoms with E-state index in [4.69, 9.17) is 4.52 Å². The van der Waals surface area contributed by atoms with E-state index < -0.39 is 0 Å². The fourth-order valence-corrected chi connectivity index (χ4v) is 3.64. The predicted molar refractivity (Wildman–Crippen MR) is 97.8 cm³/mol. The number of benzene rings is 1. The summed E-state index contributed by atoms with van der Waals surface area (Å²) in [6.07, 6.45) is 0.891. The van der Waals surface area contributed by atoms with Crippen molar-refractivity contribution in [3.05, 3.63) is 68.4 Å². The van der Waals surface area contributed by atoms with Crippen LogP contribution in [0.5, 0.6) is 0 Å². The SMILES string of the molecule is Cc1noc(C)c1CCNCc1ccc(-c2ccc([N+](=O)[O-])cc2)s1. The van der Waals surface area contributed by atoms with Crippen molar-refractivity contribution in [2.24, 2.45) is 0 Å². The average Bonchev–Trinajstić information content (AvgIpc) is 3.20. The molecule has 130 valence electrons. The van der Waals surface area contributed by atoms with E-state index in [9.17, 15) is 10.1 Å². The number of thiophene rings is 1. The first-order chi connectivity index (χ1) is 12.0. The number of nitrogens with zero attached hydrogens (tertiary/aromatic N) is 2. The number of nitro benzene ring substituents is 1. The molecule has 0 saturated carbocycles. The number of rotatable bonds is 7. The van der Waals surface area contributed by atoms with Crippen molar-refractivity contribution in [1.29, 1.82) is 0 Å². The molecule has 0 amide bonds. The Labute approximate surface area is 149 Å². The summed E-state index contributed by atoms with van der Waals surface area (Å²) in [5, 5.41) is 18.1. The van der Waals surface area contributed by atoms with Crippen LogP contribution in [0.3, 0.4) is 0 Å². The van der Waals surface area contributed by atoms with Crippen molar-refractivity contribution in [2.75, 3.05) is 6.54 Å². The molecule has 6 nitrogen and oxygen atoms in total. The van der Waals surface area contributed by atoms with Crippen molar-refractivity contribution in [2.45, 2.75) is 26.8 Å². The van der Waals surface area contributed by atoms with Gasteiger partial charge in [0.1, 0.15) is 5.76 Å². The van der Waals surface area contributed by atoms with Gasteiger partial charge in [-0.3, -0.25) is 10.1 Å². The van der Waals surface area contributed by atoms with Crippen LogP contribution < -0.4 is 5.32 Å². The molecule has 7 heteroatoms. The maximum atomic E-state index is 10.7. The quantitative estimate of drug-likeness (QED) is 0.388. The van der Waals surface area contributed by atoms with E-state index in [2.05, 4.69) is 22.6 Å². The first-order valence-corrected chi connectivity index (χ1v) is 8.82. The zero-order valence-electron chi connectivity index (χ0n) is 14.1. The van der Waals surface area contributed by atoms with Crippen LogP contribution in [-0.4, -0.2) is 16.6 Å². The summed E-state index contributed by atoms with van der Waals surface area (Å²) in [7, 11) is 0. The molecular weight excluding hydrogens is 338 g/mol. The van der Waals surface area contributed by atoms with Gasteiger partial charge in [0.05, 0.1) is 10.6 Å². The Hall–Kier alpha value is -2.51. The van der Waals surface area contributed by atoms with Gasteiger partial charge in [-0.15, -0.1) is 11.3 Å². The molecule has 0 unspecified atom stereocenters. The second-order valence-corrected chi connectivity index (χ2v) is 6.97. The predicted octanol–water partition coefficient (Wildman–Crippen LogP) is 4.26. The molecule has 0 radical (unpaired) electrons. The van der Waals surface area contributed by atoms with E-state index in [-0.39, 0.29) is 10.6 Å². The van der Waals surface area contributed by atoms with Crippen molar-refractivity contribution in [3.8, 4) is 10.4 Å². The van der Waals surface area contributed by atoms with Gasteiger partial charge in [-0.1, -0.05) is 5.16 Å². The van der Waals surface area contributed by atoms with Gasteiger partial charge < -0.3 is 9.84 Å². The molecule has 25 heavy (non-hydrogen) atoms. The maximum Gasteiger partial charge on any atom is 0.269 e. The zero-order chi connectivity index (χ0) is 17.8. The van der Waals surface area contributed by atoms with E-state index in [0.29, 0.717) is 0 Å². The van der Waals surface area contributed by atoms with Crippen LogP contribution in [0, 0.1) is 24.0 Å². The smallest absolute Gasteiger partial charge is 0.269 e. The lowest BCUT2D eigenvalue weighted by Crippen LogP contribution is -2.16. The maximum absolute atomic E-state index is 10.7. The van der Waals surface area contributed by atoms with Gasteiger partial charge >= 0.3 is 0 Å². The zero-order valence-corrected chi connectivity index (χ0v) is 14.9. The lowest BCUT2D eigenvalue weighted by Gasteiger charge is -2.03. The van der Waals surface area contributed by atoms with Crippen LogP contribution >= 0.6 is 11.3 Å². The van der Waals surface area contributed by atoms with Crippen molar-refractivity contribution in [3.63, 3.8) is 0 Å². The molecule has 0 spiro atoms. The number of nitro groups is 1. The number of aryl methyl sites for hydroxylation is 2. The molecule has 0 bridgehead atoms. The molecule has 0 atom stereocenters. The lowest BCUT2D eigenvalue weighted by molar-refractivity contribution is -0.384. The molecule has 0 aliphatic carbocycles. The summed E-state index contributed by atoms with van der Waals surface area (Å²) in [5.74, 6) is 0.885. The van der Waals surface area contributed by atoms with Crippen LogP contribution in [0.4, 0.5) is 5.69 Å². The third-order valence-electron chi connectivity index (χ3n) is 4.06. The summed E-state index contributed by atoms with van der Waals surface area (Å²) >= 11 is 1.69. The molecule has 2 heterocycles. The van der Waals surface area contributed by atoms with E-state index >= 15 is 0 Å². The molecule has 0 aliphatic heterocycles. The normalized spacial score (nSPS) is 11.0. The van der Waals surface area contributed by atoms with Gasteiger partial charge in [0, 0.05) is 34.0 Å². The van der Waals surface area contributed by atoms with E-state index in [0.717, 1.165) is 41.4 Å². The minimum Gasteiger partial charge on any atom is -0.361 e. The topological polar surface area (TPSA) is 81.2 Å². The Morgan fingerprint density at radius 2 is 1.96 bits per heavy atom. The monoisotopic (exact) mass is 357 g/mol. The third kappa shape index (κ3) is 4.12. The number of non-ortho nitro benzene ring substituents is 1. The summed E-state index contributed by atoms with van der Waals surface area (Å²) in [6, 6.07) is 10.8. The summed E-state index contributed by atoms with van der Waals surface area (Å²) in [6.45, 7) is 5.54. The standard InChI is InChI=1S/C18H19N3O3S/c1-12-17(13(2)24-20-12)9-10-19-11-16-7-8-18(25-16)14-3-5-15(6-4-14)21(22)23/h3-8,19H,9-11H2,1-2H3. The molecule has 0 fully saturated rings. The van der Waals surface area contributed by atoms with Crippen LogP contribution in [0.25, 0.3) is 10.4 Å². The molecule has 0 aliphatic rings. The Bertz CT molecular complexity index is 849. The van der Waals surface area contributed by atoms with Gasteiger partial charge in [-0.2, -0.15) is 0 Å². The van der Waals surface area contributed by atoms with Gasteiger partial charge in [-0.05, 0) is 56.6 Å². The minimum atomic E-state index is -0.382. The first kappa shape index (κ1) is 17.3. The largest absolute Gasteiger partial charge is 0.361 e. The van der Waals surface area contributed by atoms with Gasteiger partial charge in [0.25, 0.3) is 5.69 Å². The van der Waals surface area contributed by atoms with Gasteiger partial charge in [0.2, 0.25) is 0 Å². The molecule has 1 N–H and O–H groups in total. The second kappa shape index (κ2) is 7.58. The molecule has 3 rings (SSSR count). The molecule has 0 saturated heterocycles. The summed E-state index contributed by atoms with van der Waals surface area (Å²) < 4.78 is 5.17. The summed E-state index contributed by atoms with van der Waals surface area (Å²) in [4.78, 5) is 12.7. The number of hydrogen-bond donors (Lipinski definition) is 1. The van der Waals surface area contributed by atoms with E-state index in [1.54, 1.807) is 23.5 Å². The molecule has 2 aromatic heterocycles. The van der Waals surface area contributed by atoms with E-state index in [1.165, 1.54) is 22.6 Å². The fourth-order valence-electron chi connectivity index (χ4n) is 2.66. The van der Waals surface area contributed by atoms with E-state index in [1.807, 2.05) is 13.8 Å². The lowest BCUT2D eigenvalue weighted by atomic mass is 10.1. The highest BCUT2D eigenvalue weighted by atomic mass is 32.1. The van der Waals surface area contributed by atoms with Crippen molar-refractivity contribution < 1.29 is 9.45 Å². The molecule has 3 aromatic rings. The Morgan fingerprint density at radius 1 is 1.20 bits per heavy atom.